The molecule has 0 saturated carbocycles. The first-order valence-electron chi connectivity index (χ1n) is 7.14. The topological polar surface area (TPSA) is 49.3 Å². The summed E-state index contributed by atoms with van der Waals surface area (Å²) in [7, 11) is 0. The molecule has 1 amide bonds. The average Bonchev–Trinajstić information content (AvgIpc) is 2.39. The maximum absolute atomic E-state index is 13.2. The summed E-state index contributed by atoms with van der Waals surface area (Å²) in [4.78, 5) is 11.9. The van der Waals surface area contributed by atoms with Crippen LogP contribution in [-0.2, 0) is 4.79 Å². The van der Waals surface area contributed by atoms with Gasteiger partial charge < -0.3 is 10.4 Å². The van der Waals surface area contributed by atoms with Crippen LogP contribution in [0, 0.1) is 17.0 Å². The zero-order valence-corrected chi connectivity index (χ0v) is 13.6. The van der Waals surface area contributed by atoms with Gasteiger partial charge in [0.15, 0.2) is 11.6 Å². The van der Waals surface area contributed by atoms with Crippen molar-refractivity contribution in [2.24, 2.45) is 5.41 Å². The predicted octanol–water partition coefficient (Wildman–Crippen LogP) is 3.50. The summed E-state index contributed by atoms with van der Waals surface area (Å²) >= 11 is 0. The number of aliphatic hydroxyl groups is 1. The SMILES string of the molecule is C/C(=C/C(=O)NC(C)C(O)c1ccc(F)c(F)c1)C(C)(C)C. The standard InChI is InChI=1S/C17H23F2NO2/c1-10(17(3,4)5)8-15(21)20-11(2)16(22)12-6-7-13(18)14(19)9-12/h6-9,11,16,22H,1-5H3,(H,20,21)/b10-8-. The number of nitrogens with one attached hydrogen (secondary N) is 1. The zero-order valence-electron chi connectivity index (χ0n) is 13.6. The van der Waals surface area contributed by atoms with Gasteiger partial charge in [0.1, 0.15) is 0 Å². The van der Waals surface area contributed by atoms with Gasteiger partial charge in [-0.1, -0.05) is 32.4 Å². The second-order valence-corrected chi connectivity index (χ2v) is 6.49. The number of amides is 1. The lowest BCUT2D eigenvalue weighted by atomic mass is 9.87. The van der Waals surface area contributed by atoms with Crippen LogP contribution in [0.15, 0.2) is 29.8 Å². The van der Waals surface area contributed by atoms with E-state index < -0.39 is 23.8 Å². The van der Waals surface area contributed by atoms with Gasteiger partial charge in [-0.05, 0) is 37.0 Å². The number of carbonyl (C=O) groups excluding carboxylic acids is 1. The van der Waals surface area contributed by atoms with E-state index in [1.165, 1.54) is 12.1 Å². The first-order valence-corrected chi connectivity index (χ1v) is 7.14. The number of benzene rings is 1. The Morgan fingerprint density at radius 3 is 2.36 bits per heavy atom. The Bertz CT molecular complexity index is 577. The molecule has 0 aliphatic carbocycles. The molecule has 0 bridgehead atoms. The highest BCUT2D eigenvalue weighted by atomic mass is 19.2. The number of carbonyl (C=O) groups is 1. The molecule has 0 aliphatic heterocycles. The molecule has 3 nitrogen and oxygen atoms in total. The van der Waals surface area contributed by atoms with Crippen LogP contribution in [0.1, 0.15) is 46.3 Å². The van der Waals surface area contributed by atoms with Gasteiger partial charge in [0.25, 0.3) is 0 Å². The van der Waals surface area contributed by atoms with Crippen molar-refractivity contribution >= 4 is 5.91 Å². The van der Waals surface area contributed by atoms with Gasteiger partial charge in [0.05, 0.1) is 12.1 Å². The molecule has 0 aromatic heterocycles. The van der Waals surface area contributed by atoms with E-state index in [0.717, 1.165) is 17.7 Å². The molecule has 0 spiro atoms. The van der Waals surface area contributed by atoms with Crippen LogP contribution < -0.4 is 5.32 Å². The van der Waals surface area contributed by atoms with Crippen LogP contribution in [-0.4, -0.2) is 17.1 Å². The molecule has 5 heteroatoms. The smallest absolute Gasteiger partial charge is 0.244 e. The summed E-state index contributed by atoms with van der Waals surface area (Å²) in [5.41, 5.74) is 0.988. The molecular weight excluding hydrogens is 288 g/mol. The number of hydrogen-bond donors (Lipinski definition) is 2. The van der Waals surface area contributed by atoms with Crippen LogP contribution in [0.2, 0.25) is 0 Å². The van der Waals surface area contributed by atoms with Crippen molar-refractivity contribution in [3.05, 3.63) is 47.0 Å². The minimum absolute atomic E-state index is 0.126. The lowest BCUT2D eigenvalue weighted by Crippen LogP contribution is -2.36. The molecular formula is C17H23F2NO2. The van der Waals surface area contributed by atoms with E-state index in [0.29, 0.717) is 0 Å². The van der Waals surface area contributed by atoms with Crippen molar-refractivity contribution in [2.75, 3.05) is 0 Å². The first-order chi connectivity index (χ1) is 10.0. The van der Waals surface area contributed by atoms with Gasteiger partial charge in [0.2, 0.25) is 5.91 Å². The van der Waals surface area contributed by atoms with Crippen molar-refractivity contribution in [3.63, 3.8) is 0 Å². The number of allylic oxidation sites excluding steroid dienone is 1. The summed E-state index contributed by atoms with van der Waals surface area (Å²) in [6.45, 7) is 9.43. The minimum atomic E-state index is -1.12. The summed E-state index contributed by atoms with van der Waals surface area (Å²) in [5.74, 6) is -2.34. The van der Waals surface area contributed by atoms with E-state index in [-0.39, 0.29) is 16.9 Å². The van der Waals surface area contributed by atoms with Crippen molar-refractivity contribution in [3.8, 4) is 0 Å². The van der Waals surface area contributed by atoms with Crippen LogP contribution in [0.3, 0.4) is 0 Å². The molecule has 22 heavy (non-hydrogen) atoms. The van der Waals surface area contributed by atoms with Crippen LogP contribution >= 0.6 is 0 Å². The lowest BCUT2D eigenvalue weighted by molar-refractivity contribution is -0.118. The molecule has 1 aromatic rings. The van der Waals surface area contributed by atoms with E-state index in [4.69, 9.17) is 0 Å². The Morgan fingerprint density at radius 2 is 1.86 bits per heavy atom. The third-order valence-electron chi connectivity index (χ3n) is 3.66. The fourth-order valence-electron chi connectivity index (χ4n) is 1.74. The van der Waals surface area contributed by atoms with Crippen molar-refractivity contribution < 1.29 is 18.7 Å². The summed E-state index contributed by atoms with van der Waals surface area (Å²) in [6, 6.07) is 2.54. The summed E-state index contributed by atoms with van der Waals surface area (Å²) in [6.07, 6.45) is 0.358. The maximum Gasteiger partial charge on any atom is 0.244 e. The molecule has 2 unspecified atom stereocenters. The van der Waals surface area contributed by atoms with E-state index in [1.54, 1.807) is 6.92 Å². The third kappa shape index (κ3) is 4.91. The number of halogens is 2. The largest absolute Gasteiger partial charge is 0.386 e. The molecule has 1 aromatic carbocycles. The van der Waals surface area contributed by atoms with Crippen molar-refractivity contribution in [1.82, 2.24) is 5.32 Å². The average molecular weight is 311 g/mol. The highest BCUT2D eigenvalue weighted by Crippen LogP contribution is 2.24. The van der Waals surface area contributed by atoms with E-state index in [9.17, 15) is 18.7 Å². The molecule has 122 valence electrons. The summed E-state index contributed by atoms with van der Waals surface area (Å²) < 4.78 is 26.1. The highest BCUT2D eigenvalue weighted by Gasteiger charge is 2.20. The quantitative estimate of drug-likeness (QED) is 0.836. The van der Waals surface area contributed by atoms with Crippen LogP contribution in [0.25, 0.3) is 0 Å². The van der Waals surface area contributed by atoms with E-state index >= 15 is 0 Å². The molecule has 0 aliphatic rings. The van der Waals surface area contributed by atoms with Gasteiger partial charge in [0, 0.05) is 6.08 Å². The fraction of sp³-hybridized carbons (Fsp3) is 0.471. The second-order valence-electron chi connectivity index (χ2n) is 6.49. The van der Waals surface area contributed by atoms with Crippen LogP contribution in [0.4, 0.5) is 8.78 Å². The Hall–Kier alpha value is -1.75. The Balaban J connectivity index is 2.77. The van der Waals surface area contributed by atoms with Gasteiger partial charge in [-0.2, -0.15) is 0 Å². The molecule has 0 fully saturated rings. The second kappa shape index (κ2) is 7.01. The summed E-state index contributed by atoms with van der Waals surface area (Å²) in [5, 5.41) is 12.8. The molecule has 2 N–H and O–H groups in total. The van der Waals surface area contributed by atoms with Crippen molar-refractivity contribution in [2.45, 2.75) is 46.8 Å². The Kier molecular flexibility index (Phi) is 5.83. The lowest BCUT2D eigenvalue weighted by Gasteiger charge is -2.22. The van der Waals surface area contributed by atoms with Crippen molar-refractivity contribution in [1.29, 1.82) is 0 Å². The zero-order chi connectivity index (χ0) is 17.1. The monoisotopic (exact) mass is 311 g/mol. The fourth-order valence-corrected chi connectivity index (χ4v) is 1.74. The number of hydrogen-bond acceptors (Lipinski definition) is 2. The van der Waals surface area contributed by atoms with E-state index in [2.05, 4.69) is 5.32 Å². The Labute approximate surface area is 130 Å². The number of rotatable bonds is 4. The van der Waals surface area contributed by atoms with Crippen LogP contribution in [0.5, 0.6) is 0 Å². The highest BCUT2D eigenvalue weighted by molar-refractivity contribution is 5.88. The molecule has 0 radical (unpaired) electrons. The predicted molar refractivity (Wildman–Crippen MR) is 82.1 cm³/mol. The third-order valence-corrected chi connectivity index (χ3v) is 3.66. The maximum atomic E-state index is 13.2. The van der Waals surface area contributed by atoms with Gasteiger partial charge in [-0.3, -0.25) is 4.79 Å². The van der Waals surface area contributed by atoms with Gasteiger partial charge in [-0.15, -0.1) is 0 Å². The molecule has 2 atom stereocenters. The Morgan fingerprint density at radius 1 is 1.27 bits per heavy atom. The molecule has 0 heterocycles. The van der Waals surface area contributed by atoms with Gasteiger partial charge in [-0.25, -0.2) is 8.78 Å². The van der Waals surface area contributed by atoms with Gasteiger partial charge >= 0.3 is 0 Å². The normalized spacial score (nSPS) is 15.4. The molecule has 0 saturated heterocycles. The van der Waals surface area contributed by atoms with E-state index in [1.807, 2.05) is 27.7 Å². The molecule has 1 rings (SSSR count). The first kappa shape index (κ1) is 18.3. The minimum Gasteiger partial charge on any atom is -0.386 e. The number of aliphatic hydroxyl groups excluding tert-OH is 1.